The first-order chi connectivity index (χ1) is 9.90. The largest absolute Gasteiger partial charge is 0.300 e. The second-order valence-electron chi connectivity index (χ2n) is 5.44. The quantitative estimate of drug-likeness (QED) is 0.795. The molecular formula is C15H23BrN2O2S. The molecule has 0 aliphatic carbocycles. The van der Waals surface area contributed by atoms with Crippen molar-refractivity contribution < 1.29 is 8.42 Å². The molecule has 1 saturated heterocycles. The Morgan fingerprint density at radius 1 is 1.33 bits per heavy atom. The van der Waals surface area contributed by atoms with Gasteiger partial charge in [0.2, 0.25) is 10.0 Å². The number of hydrogen-bond donors (Lipinski definition) is 0. The summed E-state index contributed by atoms with van der Waals surface area (Å²) in [5.41, 5.74) is 0.940. The van der Waals surface area contributed by atoms with E-state index in [4.69, 9.17) is 0 Å². The molecule has 1 aromatic rings. The van der Waals surface area contributed by atoms with Crippen LogP contribution in [0.2, 0.25) is 0 Å². The molecule has 1 aliphatic rings. The summed E-state index contributed by atoms with van der Waals surface area (Å²) >= 11 is 3.41. The van der Waals surface area contributed by atoms with Gasteiger partial charge in [-0.15, -0.1) is 0 Å². The van der Waals surface area contributed by atoms with E-state index in [1.54, 1.807) is 22.5 Å². The van der Waals surface area contributed by atoms with E-state index < -0.39 is 10.0 Å². The lowest BCUT2D eigenvalue weighted by atomic mass is 10.2. The zero-order valence-electron chi connectivity index (χ0n) is 12.8. The summed E-state index contributed by atoms with van der Waals surface area (Å²) in [6, 6.07) is 5.56. The Morgan fingerprint density at radius 2 is 2.00 bits per heavy atom. The Labute approximate surface area is 136 Å². The van der Waals surface area contributed by atoms with Crippen LogP contribution in [0.3, 0.4) is 0 Å². The van der Waals surface area contributed by atoms with E-state index in [1.165, 1.54) is 0 Å². The van der Waals surface area contributed by atoms with E-state index in [0.717, 1.165) is 29.5 Å². The number of nitrogens with zero attached hydrogens (tertiary/aromatic N) is 2. The van der Waals surface area contributed by atoms with Crippen LogP contribution >= 0.6 is 15.9 Å². The van der Waals surface area contributed by atoms with Crippen LogP contribution in [0.5, 0.6) is 0 Å². The smallest absolute Gasteiger partial charge is 0.243 e. The van der Waals surface area contributed by atoms with E-state index in [9.17, 15) is 8.42 Å². The summed E-state index contributed by atoms with van der Waals surface area (Å²) in [5, 5.41) is 0. The lowest BCUT2D eigenvalue weighted by Gasteiger charge is -2.26. The van der Waals surface area contributed by atoms with Crippen molar-refractivity contribution in [1.29, 1.82) is 0 Å². The standard InChI is InChI=1S/C15H23BrN2O2S/c1-4-17(5-2)13-8-9-18(11-13)21(19,20)14-6-7-15(16)12(3)10-14/h6-7,10,13H,4-5,8-9,11H2,1-3H3. The molecular weight excluding hydrogens is 352 g/mol. The van der Waals surface area contributed by atoms with E-state index in [2.05, 4.69) is 34.7 Å². The van der Waals surface area contributed by atoms with E-state index >= 15 is 0 Å². The van der Waals surface area contributed by atoms with Crippen molar-refractivity contribution >= 4 is 26.0 Å². The van der Waals surface area contributed by atoms with Gasteiger partial charge in [0.05, 0.1) is 4.90 Å². The van der Waals surface area contributed by atoms with Gasteiger partial charge in [-0.3, -0.25) is 4.90 Å². The third kappa shape index (κ3) is 3.50. The molecule has 0 N–H and O–H groups in total. The average Bonchev–Trinajstić information content (AvgIpc) is 2.93. The zero-order chi connectivity index (χ0) is 15.6. The molecule has 1 fully saturated rings. The normalized spacial score (nSPS) is 20.3. The lowest BCUT2D eigenvalue weighted by Crippen LogP contribution is -2.38. The third-order valence-corrected chi connectivity index (χ3v) is 6.97. The van der Waals surface area contributed by atoms with Crippen molar-refractivity contribution in [2.24, 2.45) is 0 Å². The number of benzene rings is 1. The van der Waals surface area contributed by atoms with Crippen LogP contribution in [0.25, 0.3) is 0 Å². The lowest BCUT2D eigenvalue weighted by molar-refractivity contribution is 0.224. The zero-order valence-corrected chi connectivity index (χ0v) is 15.2. The fourth-order valence-corrected chi connectivity index (χ4v) is 4.72. The third-order valence-electron chi connectivity index (χ3n) is 4.22. The number of halogens is 1. The van der Waals surface area contributed by atoms with Gasteiger partial charge in [0, 0.05) is 23.6 Å². The molecule has 1 aliphatic heterocycles. The molecule has 0 spiro atoms. The van der Waals surface area contributed by atoms with Crippen molar-refractivity contribution in [3.8, 4) is 0 Å². The summed E-state index contributed by atoms with van der Waals surface area (Å²) in [4.78, 5) is 2.73. The Kier molecular flexibility index (Phi) is 5.46. The summed E-state index contributed by atoms with van der Waals surface area (Å²) in [6.45, 7) is 9.29. The molecule has 6 heteroatoms. The second kappa shape index (κ2) is 6.77. The molecule has 1 unspecified atom stereocenters. The van der Waals surface area contributed by atoms with Gasteiger partial charge < -0.3 is 0 Å². The molecule has 0 saturated carbocycles. The molecule has 4 nitrogen and oxygen atoms in total. The SMILES string of the molecule is CCN(CC)C1CCN(S(=O)(=O)c2ccc(Br)c(C)c2)C1. The number of hydrogen-bond acceptors (Lipinski definition) is 3. The monoisotopic (exact) mass is 374 g/mol. The van der Waals surface area contributed by atoms with Crippen LogP contribution in [0.4, 0.5) is 0 Å². The average molecular weight is 375 g/mol. The highest BCUT2D eigenvalue weighted by atomic mass is 79.9. The van der Waals surface area contributed by atoms with Crippen LogP contribution in [0.1, 0.15) is 25.8 Å². The van der Waals surface area contributed by atoms with Crippen molar-refractivity contribution in [2.45, 2.75) is 38.1 Å². The molecule has 2 rings (SSSR count). The highest BCUT2D eigenvalue weighted by Crippen LogP contribution is 2.26. The first kappa shape index (κ1) is 16.9. The number of aryl methyl sites for hydroxylation is 1. The van der Waals surface area contributed by atoms with Crippen molar-refractivity contribution in [2.75, 3.05) is 26.2 Å². The number of likely N-dealkylation sites (N-methyl/N-ethyl adjacent to an activating group) is 1. The van der Waals surface area contributed by atoms with Crippen molar-refractivity contribution in [1.82, 2.24) is 9.21 Å². The molecule has 118 valence electrons. The fraction of sp³-hybridized carbons (Fsp3) is 0.600. The Morgan fingerprint density at radius 3 is 2.57 bits per heavy atom. The summed E-state index contributed by atoms with van der Waals surface area (Å²) in [6.07, 6.45) is 0.913. The number of rotatable bonds is 5. The summed E-state index contributed by atoms with van der Waals surface area (Å²) in [7, 11) is -3.38. The summed E-state index contributed by atoms with van der Waals surface area (Å²) in [5.74, 6) is 0. The van der Waals surface area contributed by atoms with Crippen LogP contribution < -0.4 is 0 Å². The van der Waals surface area contributed by atoms with Gasteiger partial charge in [0.15, 0.2) is 0 Å². The van der Waals surface area contributed by atoms with Gasteiger partial charge in [-0.25, -0.2) is 8.42 Å². The van der Waals surface area contributed by atoms with Gasteiger partial charge in [-0.1, -0.05) is 29.8 Å². The molecule has 0 amide bonds. The Balaban J connectivity index is 2.19. The molecule has 21 heavy (non-hydrogen) atoms. The van der Waals surface area contributed by atoms with E-state index in [0.29, 0.717) is 24.0 Å². The summed E-state index contributed by atoms with van der Waals surface area (Å²) < 4.78 is 28.0. The predicted molar refractivity (Wildman–Crippen MR) is 89.0 cm³/mol. The topological polar surface area (TPSA) is 40.6 Å². The van der Waals surface area contributed by atoms with Gasteiger partial charge in [-0.2, -0.15) is 4.31 Å². The van der Waals surface area contributed by atoms with Crippen LogP contribution in [0.15, 0.2) is 27.6 Å². The highest BCUT2D eigenvalue weighted by Gasteiger charge is 2.34. The minimum Gasteiger partial charge on any atom is -0.300 e. The minimum absolute atomic E-state index is 0.339. The maximum Gasteiger partial charge on any atom is 0.243 e. The Bertz CT molecular complexity index is 600. The van der Waals surface area contributed by atoms with Crippen molar-refractivity contribution in [3.63, 3.8) is 0 Å². The van der Waals surface area contributed by atoms with Crippen LogP contribution in [-0.4, -0.2) is 49.8 Å². The molecule has 1 heterocycles. The Hall–Kier alpha value is -0.430. The highest BCUT2D eigenvalue weighted by molar-refractivity contribution is 9.10. The van der Waals surface area contributed by atoms with Crippen LogP contribution in [0, 0.1) is 6.92 Å². The maximum atomic E-state index is 12.7. The first-order valence-corrected chi connectivity index (χ1v) is 9.63. The second-order valence-corrected chi connectivity index (χ2v) is 8.23. The van der Waals surface area contributed by atoms with Gasteiger partial charge in [-0.05, 0) is 50.2 Å². The first-order valence-electron chi connectivity index (χ1n) is 7.40. The maximum absolute atomic E-state index is 12.7. The fourth-order valence-electron chi connectivity index (χ4n) is 2.89. The predicted octanol–water partition coefficient (Wildman–Crippen LogP) is 2.86. The minimum atomic E-state index is -3.38. The molecule has 1 atom stereocenters. The van der Waals surface area contributed by atoms with Crippen LogP contribution in [-0.2, 0) is 10.0 Å². The molecule has 1 aromatic carbocycles. The molecule has 0 bridgehead atoms. The van der Waals surface area contributed by atoms with E-state index in [1.807, 2.05) is 6.92 Å². The van der Waals surface area contributed by atoms with Gasteiger partial charge >= 0.3 is 0 Å². The molecule has 0 radical (unpaired) electrons. The van der Waals surface area contributed by atoms with Gasteiger partial charge in [0.1, 0.15) is 0 Å². The number of sulfonamides is 1. The van der Waals surface area contributed by atoms with E-state index in [-0.39, 0.29) is 0 Å². The molecule has 0 aromatic heterocycles. The van der Waals surface area contributed by atoms with Gasteiger partial charge in [0.25, 0.3) is 0 Å². The van der Waals surface area contributed by atoms with Crippen molar-refractivity contribution in [3.05, 3.63) is 28.2 Å².